The number of rotatable bonds is 5. The number of likely N-dealkylation sites (tertiary alicyclic amines) is 1. The lowest BCUT2D eigenvalue weighted by atomic mass is 9.96. The van der Waals surface area contributed by atoms with Crippen molar-refractivity contribution >= 4 is 5.91 Å². The number of hydrogen-bond acceptors (Lipinski definition) is 3. The maximum Gasteiger partial charge on any atom is 0.401 e. The number of piperidine rings is 1. The molecular formula is C14H23F3N2O2. The van der Waals surface area contributed by atoms with Gasteiger partial charge in [-0.2, -0.15) is 13.2 Å². The standard InChI is InChI=1S/C14H23F3N2O2/c15-14(16,17)10-19-5-3-11(4-6-19)9-18-13(20)8-12-2-1-7-21-12/h11-12H,1-10H2,(H,18,20). The van der Waals surface area contributed by atoms with Gasteiger partial charge in [-0.1, -0.05) is 0 Å². The third-order valence-corrected chi connectivity index (χ3v) is 4.14. The summed E-state index contributed by atoms with van der Waals surface area (Å²) in [7, 11) is 0. The first-order valence-corrected chi connectivity index (χ1v) is 7.60. The molecule has 4 nitrogen and oxygen atoms in total. The summed E-state index contributed by atoms with van der Waals surface area (Å²) in [5.41, 5.74) is 0. The number of carbonyl (C=O) groups is 1. The minimum absolute atomic E-state index is 0.0142. The fourth-order valence-electron chi connectivity index (χ4n) is 2.94. The Balaban J connectivity index is 1.59. The van der Waals surface area contributed by atoms with E-state index in [0.717, 1.165) is 19.4 Å². The highest BCUT2D eigenvalue weighted by Crippen LogP contribution is 2.22. The van der Waals surface area contributed by atoms with Crippen LogP contribution in [-0.4, -0.2) is 55.9 Å². The van der Waals surface area contributed by atoms with Crippen LogP contribution in [0.4, 0.5) is 13.2 Å². The molecule has 0 aliphatic carbocycles. The second-order valence-electron chi connectivity index (χ2n) is 5.98. The van der Waals surface area contributed by atoms with Crippen molar-refractivity contribution in [2.75, 3.05) is 32.8 Å². The molecule has 0 bridgehead atoms. The molecule has 0 aromatic heterocycles. The molecule has 2 fully saturated rings. The van der Waals surface area contributed by atoms with Crippen molar-refractivity contribution in [2.24, 2.45) is 5.92 Å². The van der Waals surface area contributed by atoms with Crippen molar-refractivity contribution in [2.45, 2.75) is 44.4 Å². The molecule has 0 saturated carbocycles. The number of hydrogen-bond donors (Lipinski definition) is 1. The fraction of sp³-hybridized carbons (Fsp3) is 0.929. The molecule has 21 heavy (non-hydrogen) atoms. The number of halogens is 3. The molecule has 0 aromatic carbocycles. The first-order valence-electron chi connectivity index (χ1n) is 7.60. The first-order chi connectivity index (χ1) is 9.92. The summed E-state index contributed by atoms with van der Waals surface area (Å²) in [5, 5.41) is 2.88. The average molecular weight is 308 g/mol. The Hall–Kier alpha value is -0.820. The molecule has 0 radical (unpaired) electrons. The molecule has 7 heteroatoms. The van der Waals surface area contributed by atoms with Gasteiger partial charge < -0.3 is 10.1 Å². The number of carbonyl (C=O) groups excluding carboxylic acids is 1. The SMILES string of the molecule is O=C(CC1CCCO1)NCC1CCN(CC(F)(F)F)CC1. The van der Waals surface area contributed by atoms with Crippen molar-refractivity contribution in [1.29, 1.82) is 0 Å². The van der Waals surface area contributed by atoms with Crippen LogP contribution in [-0.2, 0) is 9.53 Å². The summed E-state index contributed by atoms with van der Waals surface area (Å²) in [5.74, 6) is 0.266. The normalized spacial score (nSPS) is 25.2. The van der Waals surface area contributed by atoms with Crippen molar-refractivity contribution < 1.29 is 22.7 Å². The number of alkyl halides is 3. The quantitative estimate of drug-likeness (QED) is 0.844. The highest BCUT2D eigenvalue weighted by atomic mass is 19.4. The minimum Gasteiger partial charge on any atom is -0.378 e. The Morgan fingerprint density at radius 3 is 2.52 bits per heavy atom. The average Bonchev–Trinajstić information content (AvgIpc) is 2.89. The van der Waals surface area contributed by atoms with Crippen molar-refractivity contribution in [3.63, 3.8) is 0 Å². The summed E-state index contributed by atoms with van der Waals surface area (Å²) in [6.45, 7) is 1.36. The number of nitrogens with zero attached hydrogens (tertiary/aromatic N) is 1. The van der Waals surface area contributed by atoms with Gasteiger partial charge in [0.05, 0.1) is 19.1 Å². The Bertz CT molecular complexity index is 336. The van der Waals surface area contributed by atoms with Gasteiger partial charge in [0.15, 0.2) is 0 Å². The van der Waals surface area contributed by atoms with E-state index in [2.05, 4.69) is 5.32 Å². The van der Waals surface area contributed by atoms with E-state index in [-0.39, 0.29) is 17.9 Å². The Labute approximate surface area is 123 Å². The third kappa shape index (κ3) is 6.22. The highest BCUT2D eigenvalue weighted by Gasteiger charge is 2.32. The van der Waals surface area contributed by atoms with Crippen molar-refractivity contribution in [3.05, 3.63) is 0 Å². The lowest BCUT2D eigenvalue weighted by Gasteiger charge is -2.32. The topological polar surface area (TPSA) is 41.6 Å². The lowest BCUT2D eigenvalue weighted by molar-refractivity contribution is -0.148. The van der Waals surface area contributed by atoms with Gasteiger partial charge in [0.25, 0.3) is 0 Å². The first kappa shape index (κ1) is 16.5. The van der Waals surface area contributed by atoms with Crippen LogP contribution in [0.1, 0.15) is 32.1 Å². The molecule has 1 unspecified atom stereocenters. The van der Waals surface area contributed by atoms with Gasteiger partial charge in [-0.05, 0) is 44.7 Å². The molecule has 0 spiro atoms. The lowest BCUT2D eigenvalue weighted by Crippen LogP contribution is -2.42. The molecule has 2 heterocycles. The highest BCUT2D eigenvalue weighted by molar-refractivity contribution is 5.76. The fourth-order valence-corrected chi connectivity index (χ4v) is 2.94. The monoisotopic (exact) mass is 308 g/mol. The minimum atomic E-state index is -4.12. The maximum absolute atomic E-state index is 12.3. The number of ether oxygens (including phenoxy) is 1. The van der Waals surface area contributed by atoms with Gasteiger partial charge in [-0.25, -0.2) is 0 Å². The zero-order chi connectivity index (χ0) is 15.3. The van der Waals surface area contributed by atoms with Gasteiger partial charge in [-0.15, -0.1) is 0 Å². The molecule has 1 amide bonds. The van der Waals surface area contributed by atoms with Gasteiger partial charge in [0.1, 0.15) is 0 Å². The molecule has 2 aliphatic rings. The zero-order valence-corrected chi connectivity index (χ0v) is 12.1. The van der Waals surface area contributed by atoms with Crippen LogP contribution < -0.4 is 5.32 Å². The van der Waals surface area contributed by atoms with Crippen LogP contribution in [0.5, 0.6) is 0 Å². The van der Waals surface area contributed by atoms with E-state index >= 15 is 0 Å². The second-order valence-corrected chi connectivity index (χ2v) is 5.98. The van der Waals surface area contributed by atoms with Crippen LogP contribution in [0.15, 0.2) is 0 Å². The van der Waals surface area contributed by atoms with E-state index < -0.39 is 12.7 Å². The molecule has 2 saturated heterocycles. The van der Waals surface area contributed by atoms with Crippen molar-refractivity contribution in [1.82, 2.24) is 10.2 Å². The molecule has 1 N–H and O–H groups in total. The van der Waals surface area contributed by atoms with E-state index in [0.29, 0.717) is 38.9 Å². The van der Waals surface area contributed by atoms with Crippen LogP contribution in [0, 0.1) is 5.92 Å². The molecular weight excluding hydrogens is 285 g/mol. The van der Waals surface area contributed by atoms with E-state index in [1.807, 2.05) is 0 Å². The van der Waals surface area contributed by atoms with E-state index in [1.54, 1.807) is 0 Å². The molecule has 122 valence electrons. The summed E-state index contributed by atoms with van der Waals surface area (Å²) in [4.78, 5) is 13.2. The zero-order valence-electron chi connectivity index (χ0n) is 12.1. The maximum atomic E-state index is 12.3. The Kier molecular flexibility index (Phi) is 5.87. The van der Waals surface area contributed by atoms with Gasteiger partial charge in [-0.3, -0.25) is 9.69 Å². The summed E-state index contributed by atoms with van der Waals surface area (Å²) >= 11 is 0. The Morgan fingerprint density at radius 2 is 1.95 bits per heavy atom. The smallest absolute Gasteiger partial charge is 0.378 e. The summed E-state index contributed by atoms with van der Waals surface area (Å²) < 4.78 is 42.2. The number of amides is 1. The largest absolute Gasteiger partial charge is 0.401 e. The second kappa shape index (κ2) is 7.45. The van der Waals surface area contributed by atoms with E-state index in [1.165, 1.54) is 4.90 Å². The van der Waals surface area contributed by atoms with Gasteiger partial charge >= 0.3 is 6.18 Å². The van der Waals surface area contributed by atoms with Crippen LogP contribution >= 0.6 is 0 Å². The van der Waals surface area contributed by atoms with E-state index in [9.17, 15) is 18.0 Å². The van der Waals surface area contributed by atoms with Crippen LogP contribution in [0.2, 0.25) is 0 Å². The molecule has 1 atom stereocenters. The van der Waals surface area contributed by atoms with E-state index in [4.69, 9.17) is 4.74 Å². The van der Waals surface area contributed by atoms with Gasteiger partial charge in [0, 0.05) is 13.2 Å². The van der Waals surface area contributed by atoms with Crippen LogP contribution in [0.25, 0.3) is 0 Å². The predicted molar refractivity (Wildman–Crippen MR) is 71.8 cm³/mol. The third-order valence-electron chi connectivity index (χ3n) is 4.14. The Morgan fingerprint density at radius 1 is 1.24 bits per heavy atom. The number of nitrogens with one attached hydrogen (secondary N) is 1. The van der Waals surface area contributed by atoms with Gasteiger partial charge in [0.2, 0.25) is 5.91 Å². The summed E-state index contributed by atoms with van der Waals surface area (Å²) in [6, 6.07) is 0. The van der Waals surface area contributed by atoms with Crippen LogP contribution in [0.3, 0.4) is 0 Å². The molecule has 2 rings (SSSR count). The predicted octanol–water partition coefficient (Wildman–Crippen LogP) is 1.95. The van der Waals surface area contributed by atoms with Crippen molar-refractivity contribution in [3.8, 4) is 0 Å². The molecule has 0 aromatic rings. The summed E-state index contributed by atoms with van der Waals surface area (Å²) in [6.07, 6.45) is -0.334. The molecule has 2 aliphatic heterocycles.